The fourth-order valence-electron chi connectivity index (χ4n) is 10.5. The van der Waals surface area contributed by atoms with Crippen LogP contribution in [0.25, 0.3) is 0 Å². The second kappa shape index (κ2) is 46.6. The van der Waals surface area contributed by atoms with Crippen molar-refractivity contribution >= 4 is 5.91 Å². The molecule has 438 valence electrons. The molecule has 2 heterocycles. The van der Waals surface area contributed by atoms with Crippen molar-refractivity contribution in [3.63, 3.8) is 0 Å². The van der Waals surface area contributed by atoms with E-state index in [1.54, 1.807) is 6.08 Å². The SMILES string of the molecule is CCCCCCCCCCCCCCCCCCCCCCCCCCCCCCCC/C=C/C(O)C(COC1OC(CO)C(OC2OC(CO)C(O)C(O)C2O)C(O)C1O)NC(=O)CCCCCCCCCC. The van der Waals surface area contributed by atoms with E-state index in [9.17, 15) is 45.6 Å². The molecule has 2 fully saturated rings. The van der Waals surface area contributed by atoms with Gasteiger partial charge in [-0.05, 0) is 19.3 Å². The van der Waals surface area contributed by atoms with Gasteiger partial charge in [0.1, 0.15) is 48.8 Å². The summed E-state index contributed by atoms with van der Waals surface area (Å²) in [6.45, 7) is 2.78. The van der Waals surface area contributed by atoms with Crippen molar-refractivity contribution in [2.24, 2.45) is 0 Å². The molecule has 1 amide bonds. The zero-order valence-electron chi connectivity index (χ0n) is 47.1. The molecular formula is C60H115NO13. The number of amides is 1. The summed E-state index contributed by atoms with van der Waals surface area (Å²) in [4.78, 5) is 13.1. The molecule has 0 aromatic rings. The van der Waals surface area contributed by atoms with Crippen LogP contribution in [-0.2, 0) is 23.7 Å². The van der Waals surface area contributed by atoms with Gasteiger partial charge >= 0.3 is 0 Å². The Balaban J connectivity index is 1.61. The van der Waals surface area contributed by atoms with Crippen LogP contribution in [0, 0.1) is 0 Å². The molecule has 12 unspecified atom stereocenters. The number of hydrogen-bond acceptors (Lipinski definition) is 13. The van der Waals surface area contributed by atoms with Crippen molar-refractivity contribution in [3.8, 4) is 0 Å². The lowest BCUT2D eigenvalue weighted by Gasteiger charge is -2.46. The van der Waals surface area contributed by atoms with Crippen LogP contribution in [0.3, 0.4) is 0 Å². The van der Waals surface area contributed by atoms with Crippen LogP contribution in [-0.4, -0.2) is 140 Å². The Morgan fingerprint density at radius 1 is 0.473 bits per heavy atom. The lowest BCUT2D eigenvalue weighted by atomic mass is 9.97. The number of carbonyl (C=O) groups is 1. The Labute approximate surface area is 450 Å². The predicted molar refractivity (Wildman–Crippen MR) is 295 cm³/mol. The van der Waals surface area contributed by atoms with Gasteiger partial charge in [0.2, 0.25) is 5.91 Å². The third-order valence-corrected chi connectivity index (χ3v) is 15.5. The summed E-state index contributed by atoms with van der Waals surface area (Å²) in [6.07, 6.45) is 37.4. The third-order valence-electron chi connectivity index (χ3n) is 15.5. The highest BCUT2D eigenvalue weighted by Crippen LogP contribution is 2.30. The van der Waals surface area contributed by atoms with E-state index in [0.717, 1.165) is 38.5 Å². The van der Waals surface area contributed by atoms with Crippen LogP contribution < -0.4 is 5.32 Å². The van der Waals surface area contributed by atoms with Crippen LogP contribution in [0.5, 0.6) is 0 Å². The second-order valence-corrected chi connectivity index (χ2v) is 22.2. The van der Waals surface area contributed by atoms with Gasteiger partial charge in [0, 0.05) is 6.42 Å². The van der Waals surface area contributed by atoms with Crippen LogP contribution in [0.2, 0.25) is 0 Å². The molecule has 12 atom stereocenters. The van der Waals surface area contributed by atoms with Crippen LogP contribution in [0.1, 0.15) is 271 Å². The van der Waals surface area contributed by atoms with E-state index < -0.39 is 86.8 Å². The molecule has 2 rings (SSSR count). The standard InChI is InChI=1S/C60H115NO13/c1-3-5-7-9-11-13-14-15-16-17-18-19-20-21-22-23-24-25-26-27-28-29-30-31-32-33-34-35-36-37-39-41-43-49(64)48(61-52(65)44-42-40-38-12-10-8-6-4-2)47-71-59-57(70)55(68)58(51(46-63)73-59)74-60-56(69)54(67)53(66)50(45-62)72-60/h41,43,48-51,53-60,62-64,66-70H,3-40,42,44-47H2,1-2H3,(H,61,65)/b43-41+. The topological polar surface area (TPSA) is 228 Å². The maximum atomic E-state index is 13.1. The molecule has 2 aliphatic rings. The van der Waals surface area contributed by atoms with Gasteiger partial charge in [-0.1, -0.05) is 257 Å². The minimum Gasteiger partial charge on any atom is -0.394 e. The van der Waals surface area contributed by atoms with Gasteiger partial charge in [-0.3, -0.25) is 4.79 Å². The van der Waals surface area contributed by atoms with Gasteiger partial charge in [0.05, 0.1) is 32.0 Å². The first-order valence-corrected chi connectivity index (χ1v) is 30.9. The average Bonchev–Trinajstić information content (AvgIpc) is 3.40. The maximum absolute atomic E-state index is 13.1. The number of aliphatic hydroxyl groups is 8. The minimum absolute atomic E-state index is 0.241. The monoisotopic (exact) mass is 1060 g/mol. The summed E-state index contributed by atoms with van der Waals surface area (Å²) in [7, 11) is 0. The third kappa shape index (κ3) is 32.0. The number of allylic oxidation sites excluding steroid dienone is 1. The summed E-state index contributed by atoms with van der Waals surface area (Å²) < 4.78 is 22.7. The normalized spacial score (nSPS) is 25.2. The van der Waals surface area contributed by atoms with Gasteiger partial charge in [-0.2, -0.15) is 0 Å². The van der Waals surface area contributed by atoms with Crippen LogP contribution in [0.15, 0.2) is 12.2 Å². The first-order chi connectivity index (χ1) is 36.1. The molecule has 0 aromatic carbocycles. The van der Waals surface area contributed by atoms with Crippen molar-refractivity contribution < 1.29 is 64.6 Å². The molecule has 9 N–H and O–H groups in total. The molecule has 14 heteroatoms. The number of unbranched alkanes of at least 4 members (excludes halogenated alkanes) is 37. The summed E-state index contributed by atoms with van der Waals surface area (Å²) >= 11 is 0. The minimum atomic E-state index is -1.78. The Kier molecular flexibility index (Phi) is 43.4. The Hall–Kier alpha value is -1.27. The maximum Gasteiger partial charge on any atom is 0.220 e. The molecule has 0 bridgehead atoms. The van der Waals surface area contributed by atoms with Gasteiger partial charge in [-0.25, -0.2) is 0 Å². The van der Waals surface area contributed by atoms with E-state index >= 15 is 0 Å². The highest BCUT2D eigenvalue weighted by Gasteiger charge is 2.51. The average molecular weight is 1060 g/mol. The molecule has 0 aromatic heterocycles. The summed E-state index contributed by atoms with van der Waals surface area (Å²) in [6, 6.07) is -0.908. The van der Waals surface area contributed by atoms with Gasteiger partial charge in [0.15, 0.2) is 12.6 Å². The van der Waals surface area contributed by atoms with Crippen LogP contribution in [0.4, 0.5) is 0 Å². The van der Waals surface area contributed by atoms with Crippen molar-refractivity contribution in [1.29, 1.82) is 0 Å². The largest absolute Gasteiger partial charge is 0.394 e. The fraction of sp³-hybridized carbons (Fsp3) is 0.950. The number of nitrogens with one attached hydrogen (secondary N) is 1. The number of rotatable bonds is 50. The van der Waals surface area contributed by atoms with E-state index in [0.29, 0.717) is 6.42 Å². The molecule has 0 aliphatic carbocycles. The summed E-state index contributed by atoms with van der Waals surface area (Å²) in [5.41, 5.74) is 0. The molecule has 2 aliphatic heterocycles. The number of aliphatic hydroxyl groups excluding tert-OH is 8. The molecule has 14 nitrogen and oxygen atoms in total. The van der Waals surface area contributed by atoms with Crippen molar-refractivity contribution in [3.05, 3.63) is 12.2 Å². The zero-order chi connectivity index (χ0) is 53.9. The molecule has 0 spiro atoms. The Morgan fingerprint density at radius 3 is 1.24 bits per heavy atom. The van der Waals surface area contributed by atoms with E-state index in [2.05, 4.69) is 19.2 Å². The predicted octanol–water partition coefficient (Wildman–Crippen LogP) is 10.7. The van der Waals surface area contributed by atoms with E-state index in [-0.39, 0.29) is 18.9 Å². The van der Waals surface area contributed by atoms with E-state index in [1.165, 1.54) is 205 Å². The highest BCUT2D eigenvalue weighted by molar-refractivity contribution is 5.76. The fourth-order valence-corrected chi connectivity index (χ4v) is 10.5. The number of ether oxygens (including phenoxy) is 4. The van der Waals surface area contributed by atoms with Gasteiger partial charge in [-0.15, -0.1) is 0 Å². The van der Waals surface area contributed by atoms with Crippen LogP contribution >= 0.6 is 0 Å². The molecule has 74 heavy (non-hydrogen) atoms. The smallest absolute Gasteiger partial charge is 0.220 e. The number of hydrogen-bond donors (Lipinski definition) is 9. The quantitative estimate of drug-likeness (QED) is 0.0204. The molecular weight excluding hydrogens is 943 g/mol. The first-order valence-electron chi connectivity index (χ1n) is 30.9. The van der Waals surface area contributed by atoms with Gasteiger partial charge in [0.25, 0.3) is 0 Å². The van der Waals surface area contributed by atoms with Crippen molar-refractivity contribution in [2.75, 3.05) is 19.8 Å². The van der Waals surface area contributed by atoms with E-state index in [1.807, 2.05) is 6.08 Å². The van der Waals surface area contributed by atoms with Crippen molar-refractivity contribution in [2.45, 2.75) is 344 Å². The Bertz CT molecular complexity index is 1290. The summed E-state index contributed by atoms with van der Waals surface area (Å²) in [5.74, 6) is -0.241. The Morgan fingerprint density at radius 2 is 0.838 bits per heavy atom. The molecule has 0 saturated carbocycles. The molecule has 0 radical (unpaired) electrons. The summed E-state index contributed by atoms with van der Waals surface area (Å²) in [5, 5.41) is 86.8. The van der Waals surface area contributed by atoms with E-state index in [4.69, 9.17) is 18.9 Å². The lowest BCUT2D eigenvalue weighted by Crippen LogP contribution is -2.65. The zero-order valence-corrected chi connectivity index (χ0v) is 47.1. The molecule has 2 saturated heterocycles. The second-order valence-electron chi connectivity index (χ2n) is 22.2. The first kappa shape index (κ1) is 68.8. The lowest BCUT2D eigenvalue weighted by molar-refractivity contribution is -0.359. The van der Waals surface area contributed by atoms with Crippen molar-refractivity contribution in [1.82, 2.24) is 5.32 Å². The number of carbonyl (C=O) groups excluding carboxylic acids is 1. The van der Waals surface area contributed by atoms with Gasteiger partial charge < -0.3 is 65.1 Å². The highest BCUT2D eigenvalue weighted by atomic mass is 16.7.